The molecule has 1 aliphatic heterocycles. The third kappa shape index (κ3) is 5.96. The van der Waals surface area contributed by atoms with E-state index in [0.717, 1.165) is 25.0 Å². The summed E-state index contributed by atoms with van der Waals surface area (Å²) in [6, 6.07) is 3.24. The fraction of sp³-hybridized carbons (Fsp3) is 0.632. The van der Waals surface area contributed by atoms with Gasteiger partial charge < -0.3 is 15.0 Å². The summed E-state index contributed by atoms with van der Waals surface area (Å²) < 4.78 is 32.4. The third-order valence-electron chi connectivity index (χ3n) is 4.37. The van der Waals surface area contributed by atoms with Crippen molar-refractivity contribution < 1.29 is 18.3 Å². The Morgan fingerprint density at radius 1 is 1.40 bits per heavy atom. The van der Waals surface area contributed by atoms with E-state index in [1.807, 2.05) is 27.7 Å². The van der Waals surface area contributed by atoms with Gasteiger partial charge in [-0.15, -0.1) is 0 Å². The van der Waals surface area contributed by atoms with Crippen LogP contribution in [0.1, 0.15) is 52.1 Å². The van der Waals surface area contributed by atoms with E-state index in [0.29, 0.717) is 31.1 Å². The summed E-state index contributed by atoms with van der Waals surface area (Å²) in [7, 11) is 0. The Bertz CT molecular complexity index is 602. The molecule has 140 valence electrons. The Balaban J connectivity index is 1.75. The fourth-order valence-electron chi connectivity index (χ4n) is 3.02. The molecule has 2 unspecified atom stereocenters. The van der Waals surface area contributed by atoms with Gasteiger partial charge in [-0.25, -0.2) is 13.6 Å². The highest BCUT2D eigenvalue weighted by atomic mass is 19.1. The molecular weight excluding hydrogens is 326 g/mol. The van der Waals surface area contributed by atoms with Crippen molar-refractivity contribution in [2.75, 3.05) is 19.6 Å². The number of carbonyl (C=O) groups excluding carboxylic acids is 1. The molecule has 1 aromatic carbocycles. The van der Waals surface area contributed by atoms with Gasteiger partial charge in [-0.05, 0) is 71.2 Å². The molecule has 1 aliphatic rings. The van der Waals surface area contributed by atoms with Crippen LogP contribution in [0.3, 0.4) is 0 Å². The first-order valence-electron chi connectivity index (χ1n) is 8.82. The molecule has 0 saturated carbocycles. The Hall–Kier alpha value is -1.69. The SMILES string of the molecule is CC(NCCC1CCN(C(=O)OC(C)(C)C)C1)c1cc(F)ccc1F. The molecule has 25 heavy (non-hydrogen) atoms. The maximum atomic E-state index is 13.8. The number of nitrogens with zero attached hydrogens (tertiary/aromatic N) is 1. The summed E-state index contributed by atoms with van der Waals surface area (Å²) in [5, 5.41) is 3.23. The van der Waals surface area contributed by atoms with Crippen LogP contribution in [0.5, 0.6) is 0 Å². The maximum Gasteiger partial charge on any atom is 0.410 e. The lowest BCUT2D eigenvalue weighted by Gasteiger charge is -2.24. The number of amides is 1. The second-order valence-electron chi connectivity index (χ2n) is 7.71. The number of benzene rings is 1. The third-order valence-corrected chi connectivity index (χ3v) is 4.37. The predicted octanol–water partition coefficient (Wildman–Crippen LogP) is 4.26. The smallest absolute Gasteiger partial charge is 0.410 e. The molecule has 6 heteroatoms. The van der Waals surface area contributed by atoms with E-state index >= 15 is 0 Å². The van der Waals surface area contributed by atoms with E-state index in [9.17, 15) is 13.6 Å². The Kier molecular flexibility index (Phi) is 6.38. The van der Waals surface area contributed by atoms with Crippen molar-refractivity contribution in [2.45, 2.75) is 52.2 Å². The minimum atomic E-state index is -0.485. The van der Waals surface area contributed by atoms with E-state index in [4.69, 9.17) is 4.74 Å². The predicted molar refractivity (Wildman–Crippen MR) is 93.3 cm³/mol. The summed E-state index contributed by atoms with van der Waals surface area (Å²) in [6.45, 7) is 9.45. The van der Waals surface area contributed by atoms with Crippen LogP contribution in [0.4, 0.5) is 13.6 Å². The second-order valence-corrected chi connectivity index (χ2v) is 7.71. The molecule has 1 fully saturated rings. The van der Waals surface area contributed by atoms with Gasteiger partial charge in [0.1, 0.15) is 17.2 Å². The van der Waals surface area contributed by atoms with Crippen LogP contribution in [0, 0.1) is 17.6 Å². The topological polar surface area (TPSA) is 41.6 Å². The normalized spacial score (nSPS) is 19.1. The minimum absolute atomic E-state index is 0.265. The molecule has 1 saturated heterocycles. The minimum Gasteiger partial charge on any atom is -0.444 e. The van der Waals surface area contributed by atoms with Gasteiger partial charge in [0.2, 0.25) is 0 Å². The van der Waals surface area contributed by atoms with Gasteiger partial charge in [0.05, 0.1) is 0 Å². The van der Waals surface area contributed by atoms with Gasteiger partial charge in [-0.3, -0.25) is 0 Å². The molecule has 0 bridgehead atoms. The lowest BCUT2D eigenvalue weighted by atomic mass is 10.0. The highest BCUT2D eigenvalue weighted by molar-refractivity contribution is 5.68. The number of rotatable bonds is 5. The zero-order chi connectivity index (χ0) is 18.6. The van der Waals surface area contributed by atoms with Crippen molar-refractivity contribution in [2.24, 2.45) is 5.92 Å². The van der Waals surface area contributed by atoms with Crippen LogP contribution < -0.4 is 5.32 Å². The molecule has 0 aromatic heterocycles. The Labute approximate surface area is 148 Å². The Morgan fingerprint density at radius 2 is 2.12 bits per heavy atom. The fourth-order valence-corrected chi connectivity index (χ4v) is 3.02. The summed E-state index contributed by atoms with van der Waals surface area (Å²) >= 11 is 0. The van der Waals surface area contributed by atoms with Crippen molar-refractivity contribution in [3.05, 3.63) is 35.4 Å². The van der Waals surface area contributed by atoms with Crippen LogP contribution in [-0.4, -0.2) is 36.2 Å². The number of carbonyl (C=O) groups is 1. The van der Waals surface area contributed by atoms with Gasteiger partial charge in [0.25, 0.3) is 0 Å². The van der Waals surface area contributed by atoms with E-state index < -0.39 is 17.2 Å². The number of ether oxygens (including phenoxy) is 1. The van der Waals surface area contributed by atoms with Gasteiger partial charge in [0, 0.05) is 24.7 Å². The van der Waals surface area contributed by atoms with Gasteiger partial charge in [-0.2, -0.15) is 0 Å². The lowest BCUT2D eigenvalue weighted by molar-refractivity contribution is 0.0287. The first kappa shape index (κ1) is 19.6. The molecule has 2 atom stereocenters. The van der Waals surface area contributed by atoms with Crippen LogP contribution in [0.2, 0.25) is 0 Å². The van der Waals surface area contributed by atoms with E-state index in [1.165, 1.54) is 6.07 Å². The van der Waals surface area contributed by atoms with Crippen LogP contribution in [0.25, 0.3) is 0 Å². The summed E-state index contributed by atoms with van der Waals surface area (Å²) in [6.07, 6.45) is 1.54. The van der Waals surface area contributed by atoms with Crippen molar-refractivity contribution >= 4 is 6.09 Å². The van der Waals surface area contributed by atoms with Crippen molar-refractivity contribution in [3.63, 3.8) is 0 Å². The first-order valence-corrected chi connectivity index (χ1v) is 8.82. The summed E-state index contributed by atoms with van der Waals surface area (Å²) in [5.74, 6) is -0.447. The largest absolute Gasteiger partial charge is 0.444 e. The molecule has 1 amide bonds. The maximum absolute atomic E-state index is 13.8. The number of hydrogen-bond acceptors (Lipinski definition) is 3. The molecular formula is C19H28F2N2O2. The molecule has 0 aliphatic carbocycles. The number of nitrogens with one attached hydrogen (secondary N) is 1. The zero-order valence-electron chi connectivity index (χ0n) is 15.4. The number of likely N-dealkylation sites (tertiary alicyclic amines) is 1. The molecule has 4 nitrogen and oxygen atoms in total. The molecule has 2 rings (SSSR count). The monoisotopic (exact) mass is 354 g/mol. The molecule has 0 radical (unpaired) electrons. The quantitative estimate of drug-likeness (QED) is 0.859. The van der Waals surface area contributed by atoms with E-state index in [1.54, 1.807) is 4.90 Å². The van der Waals surface area contributed by atoms with E-state index in [-0.39, 0.29) is 12.1 Å². The van der Waals surface area contributed by atoms with Crippen molar-refractivity contribution in [3.8, 4) is 0 Å². The van der Waals surface area contributed by atoms with Crippen LogP contribution >= 0.6 is 0 Å². The van der Waals surface area contributed by atoms with Gasteiger partial charge >= 0.3 is 6.09 Å². The van der Waals surface area contributed by atoms with Crippen LogP contribution in [0.15, 0.2) is 18.2 Å². The standard InChI is InChI=1S/C19H28F2N2O2/c1-13(16-11-15(20)5-6-17(16)21)22-9-7-14-8-10-23(12-14)18(24)25-19(2,3)4/h5-6,11,13-14,22H,7-10,12H2,1-4H3. The van der Waals surface area contributed by atoms with Crippen LogP contribution in [-0.2, 0) is 4.74 Å². The second kappa shape index (κ2) is 8.13. The molecule has 1 heterocycles. The highest BCUT2D eigenvalue weighted by Gasteiger charge is 2.29. The van der Waals surface area contributed by atoms with E-state index in [2.05, 4.69) is 5.32 Å². The number of halogens is 2. The highest BCUT2D eigenvalue weighted by Crippen LogP contribution is 2.23. The van der Waals surface area contributed by atoms with Crippen molar-refractivity contribution in [1.29, 1.82) is 0 Å². The Morgan fingerprint density at radius 3 is 2.80 bits per heavy atom. The average Bonchev–Trinajstić information content (AvgIpc) is 2.97. The van der Waals surface area contributed by atoms with Crippen molar-refractivity contribution in [1.82, 2.24) is 10.2 Å². The first-order chi connectivity index (χ1) is 11.7. The van der Waals surface area contributed by atoms with Gasteiger partial charge in [0.15, 0.2) is 0 Å². The zero-order valence-corrected chi connectivity index (χ0v) is 15.4. The number of hydrogen-bond donors (Lipinski definition) is 1. The molecule has 1 aromatic rings. The summed E-state index contributed by atoms with van der Waals surface area (Å²) in [4.78, 5) is 13.8. The molecule has 0 spiro atoms. The average molecular weight is 354 g/mol. The lowest BCUT2D eigenvalue weighted by Crippen LogP contribution is -2.35. The summed E-state index contributed by atoms with van der Waals surface area (Å²) in [5.41, 5.74) is -0.150. The molecule has 1 N–H and O–H groups in total. The van der Waals surface area contributed by atoms with Gasteiger partial charge in [-0.1, -0.05) is 0 Å².